The minimum Gasteiger partial charge on any atom is -0.320 e. The van der Waals surface area contributed by atoms with Crippen LogP contribution < -0.4 is 5.73 Å². The van der Waals surface area contributed by atoms with Crippen molar-refractivity contribution in [3.8, 4) is 0 Å². The Balaban J connectivity index is 2.30. The quantitative estimate of drug-likeness (QED) is 0.930. The lowest BCUT2D eigenvalue weighted by atomic mass is 9.97. The molecule has 4 heteroatoms. The van der Waals surface area contributed by atoms with Gasteiger partial charge in [-0.3, -0.25) is 0 Å². The highest BCUT2D eigenvalue weighted by atomic mass is 19.1. The Morgan fingerprint density at radius 2 is 1.85 bits per heavy atom. The van der Waals surface area contributed by atoms with E-state index in [4.69, 9.17) is 5.73 Å². The summed E-state index contributed by atoms with van der Waals surface area (Å²) >= 11 is 0. The van der Waals surface area contributed by atoms with Crippen LogP contribution in [-0.4, -0.2) is 19.0 Å². The molecule has 1 unspecified atom stereocenters. The van der Waals surface area contributed by atoms with Gasteiger partial charge in [-0.15, -0.1) is 0 Å². The molecule has 0 aromatic heterocycles. The summed E-state index contributed by atoms with van der Waals surface area (Å²) in [5.74, 6) is -1.21. The van der Waals surface area contributed by atoms with Gasteiger partial charge in [-0.1, -0.05) is 30.3 Å². The summed E-state index contributed by atoms with van der Waals surface area (Å²) in [4.78, 5) is 2.04. The highest BCUT2D eigenvalue weighted by Crippen LogP contribution is 2.23. The van der Waals surface area contributed by atoms with E-state index in [1.807, 2.05) is 43.3 Å². The summed E-state index contributed by atoms with van der Waals surface area (Å²) in [6, 6.07) is 10.6. The van der Waals surface area contributed by atoms with Gasteiger partial charge in [0.05, 0.1) is 6.04 Å². The van der Waals surface area contributed by atoms with Crippen molar-refractivity contribution in [1.82, 2.24) is 4.90 Å². The molecule has 2 N–H and O–H groups in total. The van der Waals surface area contributed by atoms with Gasteiger partial charge < -0.3 is 10.6 Å². The molecular formula is C16H18F2N2. The van der Waals surface area contributed by atoms with Crippen molar-refractivity contribution in [2.45, 2.75) is 12.6 Å². The van der Waals surface area contributed by atoms with Crippen LogP contribution in [0.4, 0.5) is 8.78 Å². The van der Waals surface area contributed by atoms with E-state index < -0.39 is 17.7 Å². The van der Waals surface area contributed by atoms with Gasteiger partial charge in [0.2, 0.25) is 0 Å². The van der Waals surface area contributed by atoms with Gasteiger partial charge in [0.1, 0.15) is 11.6 Å². The summed E-state index contributed by atoms with van der Waals surface area (Å²) in [6.07, 6.45) is 0. The van der Waals surface area contributed by atoms with Gasteiger partial charge in [-0.05, 0) is 31.3 Å². The Morgan fingerprint density at radius 1 is 1.10 bits per heavy atom. The van der Waals surface area contributed by atoms with E-state index in [9.17, 15) is 8.78 Å². The summed E-state index contributed by atoms with van der Waals surface area (Å²) in [5, 5.41) is 0. The van der Waals surface area contributed by atoms with Crippen LogP contribution in [0.25, 0.3) is 0 Å². The molecular weight excluding hydrogens is 258 g/mol. The maximum Gasteiger partial charge on any atom is 0.131 e. The third-order valence-corrected chi connectivity index (χ3v) is 3.11. The maximum absolute atomic E-state index is 13.8. The average molecular weight is 276 g/mol. The molecule has 1 atom stereocenters. The van der Waals surface area contributed by atoms with E-state index in [-0.39, 0.29) is 0 Å². The van der Waals surface area contributed by atoms with Crippen molar-refractivity contribution >= 4 is 0 Å². The summed E-state index contributed by atoms with van der Waals surface area (Å²) in [5.41, 5.74) is 8.31. The number of hydrogen-bond donors (Lipinski definition) is 1. The molecule has 0 saturated carbocycles. The molecule has 0 spiro atoms. The smallest absolute Gasteiger partial charge is 0.131 e. The van der Waals surface area contributed by atoms with Gasteiger partial charge in [0.25, 0.3) is 0 Å². The van der Waals surface area contributed by atoms with Crippen LogP contribution in [0.1, 0.15) is 22.7 Å². The van der Waals surface area contributed by atoms with Crippen LogP contribution in [0.3, 0.4) is 0 Å². The molecule has 0 aliphatic rings. The predicted octanol–water partition coefficient (Wildman–Crippen LogP) is 3.07. The number of rotatable bonds is 4. The Kier molecular flexibility index (Phi) is 4.47. The predicted molar refractivity (Wildman–Crippen MR) is 76.2 cm³/mol. The van der Waals surface area contributed by atoms with Gasteiger partial charge in [-0.25, -0.2) is 8.78 Å². The van der Waals surface area contributed by atoms with E-state index in [2.05, 4.69) is 0 Å². The maximum atomic E-state index is 13.8. The lowest BCUT2D eigenvalue weighted by Crippen LogP contribution is -2.15. The zero-order chi connectivity index (χ0) is 14.7. The minimum absolute atomic E-state index is 0.299. The first-order valence-corrected chi connectivity index (χ1v) is 6.41. The van der Waals surface area contributed by atoms with E-state index in [0.717, 1.165) is 23.7 Å². The third kappa shape index (κ3) is 3.40. The molecule has 2 aromatic carbocycles. The Morgan fingerprint density at radius 3 is 2.50 bits per heavy atom. The van der Waals surface area contributed by atoms with Gasteiger partial charge in [0, 0.05) is 18.2 Å². The summed E-state index contributed by atoms with van der Waals surface area (Å²) < 4.78 is 26.7. The minimum atomic E-state index is -0.615. The van der Waals surface area contributed by atoms with Crippen molar-refractivity contribution in [3.05, 3.63) is 70.8 Å². The molecule has 0 fully saturated rings. The van der Waals surface area contributed by atoms with Crippen LogP contribution in [0.15, 0.2) is 42.5 Å². The highest BCUT2D eigenvalue weighted by molar-refractivity contribution is 5.34. The summed E-state index contributed by atoms with van der Waals surface area (Å²) in [6.45, 7) is 0.784. The fourth-order valence-electron chi connectivity index (χ4n) is 2.18. The largest absolute Gasteiger partial charge is 0.320 e. The molecule has 0 aliphatic heterocycles. The first-order chi connectivity index (χ1) is 9.47. The normalized spacial score (nSPS) is 12.7. The fourth-order valence-corrected chi connectivity index (χ4v) is 2.18. The molecule has 20 heavy (non-hydrogen) atoms. The van der Waals surface area contributed by atoms with Crippen LogP contribution in [0, 0.1) is 11.6 Å². The number of nitrogens with zero attached hydrogens (tertiary/aromatic N) is 1. The van der Waals surface area contributed by atoms with Crippen molar-refractivity contribution in [2.24, 2.45) is 5.73 Å². The molecule has 0 bridgehead atoms. The van der Waals surface area contributed by atoms with Crippen LogP contribution >= 0.6 is 0 Å². The molecule has 106 valence electrons. The molecule has 2 aromatic rings. The topological polar surface area (TPSA) is 29.3 Å². The van der Waals surface area contributed by atoms with Crippen LogP contribution in [0.2, 0.25) is 0 Å². The second-order valence-electron chi connectivity index (χ2n) is 5.13. The monoisotopic (exact) mass is 276 g/mol. The fraction of sp³-hybridized carbons (Fsp3) is 0.250. The van der Waals surface area contributed by atoms with Crippen molar-refractivity contribution in [2.75, 3.05) is 14.1 Å². The molecule has 0 amide bonds. The molecule has 0 heterocycles. The Hall–Kier alpha value is -1.78. The van der Waals surface area contributed by atoms with E-state index in [0.29, 0.717) is 5.56 Å². The SMILES string of the molecule is CN(C)Cc1cccc(C(N)c2ccc(F)cc2F)c1. The molecule has 0 radical (unpaired) electrons. The second-order valence-corrected chi connectivity index (χ2v) is 5.13. The average Bonchev–Trinajstić information content (AvgIpc) is 2.37. The molecule has 2 rings (SSSR count). The third-order valence-electron chi connectivity index (χ3n) is 3.11. The lowest BCUT2D eigenvalue weighted by molar-refractivity contribution is 0.402. The van der Waals surface area contributed by atoms with Gasteiger partial charge in [-0.2, -0.15) is 0 Å². The van der Waals surface area contributed by atoms with Crippen molar-refractivity contribution in [3.63, 3.8) is 0 Å². The van der Waals surface area contributed by atoms with Crippen molar-refractivity contribution < 1.29 is 8.78 Å². The standard InChI is InChI=1S/C16H18F2N2/c1-20(2)10-11-4-3-5-12(8-11)16(19)14-7-6-13(17)9-15(14)18/h3-9,16H,10,19H2,1-2H3. The Labute approximate surface area is 117 Å². The first kappa shape index (κ1) is 14.6. The number of hydrogen-bond acceptors (Lipinski definition) is 2. The van der Waals surface area contributed by atoms with Gasteiger partial charge in [0.15, 0.2) is 0 Å². The van der Waals surface area contributed by atoms with Crippen LogP contribution in [0.5, 0.6) is 0 Å². The zero-order valence-corrected chi connectivity index (χ0v) is 11.6. The van der Waals surface area contributed by atoms with Crippen LogP contribution in [-0.2, 0) is 6.54 Å². The molecule has 2 nitrogen and oxygen atoms in total. The number of nitrogens with two attached hydrogens (primary N) is 1. The Bertz CT molecular complexity index is 597. The lowest BCUT2D eigenvalue weighted by Gasteiger charge is -2.16. The molecule has 0 aliphatic carbocycles. The van der Waals surface area contributed by atoms with Gasteiger partial charge >= 0.3 is 0 Å². The number of halogens is 2. The van der Waals surface area contributed by atoms with E-state index in [1.165, 1.54) is 12.1 Å². The molecule has 0 saturated heterocycles. The van der Waals surface area contributed by atoms with E-state index in [1.54, 1.807) is 0 Å². The van der Waals surface area contributed by atoms with Crippen molar-refractivity contribution in [1.29, 1.82) is 0 Å². The first-order valence-electron chi connectivity index (χ1n) is 6.41. The zero-order valence-electron chi connectivity index (χ0n) is 11.6. The van der Waals surface area contributed by atoms with E-state index >= 15 is 0 Å². The highest BCUT2D eigenvalue weighted by Gasteiger charge is 2.14. The number of benzene rings is 2. The summed E-state index contributed by atoms with van der Waals surface area (Å²) in [7, 11) is 3.96. The second kappa shape index (κ2) is 6.11.